The number of benzene rings is 3. The summed E-state index contributed by atoms with van der Waals surface area (Å²) < 4.78 is 39.2. The SMILES string of the molecule is Cc1cccc(S(=O)(=O)NNC(=O)c2cc(-c3ccccc3)cc(C)c2F)c1. The Bertz CT molecular complexity index is 1130. The van der Waals surface area contributed by atoms with Gasteiger partial charge in [0.05, 0.1) is 10.5 Å². The lowest BCUT2D eigenvalue weighted by molar-refractivity contribution is 0.0941. The normalized spacial score (nSPS) is 11.2. The lowest BCUT2D eigenvalue weighted by atomic mass is 9.99. The molecule has 0 saturated heterocycles. The van der Waals surface area contributed by atoms with E-state index in [0.29, 0.717) is 5.56 Å². The lowest BCUT2D eigenvalue weighted by Gasteiger charge is -2.12. The Balaban J connectivity index is 1.85. The van der Waals surface area contributed by atoms with Crippen molar-refractivity contribution >= 4 is 15.9 Å². The maximum Gasteiger partial charge on any atom is 0.269 e. The number of hydrazine groups is 1. The fraction of sp³-hybridized carbons (Fsp3) is 0.0952. The van der Waals surface area contributed by atoms with E-state index in [1.165, 1.54) is 18.2 Å². The first kappa shape index (κ1) is 19.7. The number of sulfonamides is 1. The van der Waals surface area contributed by atoms with Crippen molar-refractivity contribution in [3.05, 3.63) is 89.2 Å². The number of nitrogens with one attached hydrogen (secondary N) is 2. The van der Waals surface area contributed by atoms with Gasteiger partial charge in [0.25, 0.3) is 15.9 Å². The maximum atomic E-state index is 14.5. The van der Waals surface area contributed by atoms with Gasteiger partial charge in [-0.3, -0.25) is 10.2 Å². The van der Waals surface area contributed by atoms with Crippen LogP contribution in [0, 0.1) is 19.7 Å². The molecule has 0 aliphatic heterocycles. The first-order valence-corrected chi connectivity index (χ1v) is 10.0. The van der Waals surface area contributed by atoms with Crippen LogP contribution in [0.15, 0.2) is 71.6 Å². The fourth-order valence-corrected chi connectivity index (χ4v) is 3.70. The largest absolute Gasteiger partial charge is 0.273 e. The molecule has 0 unspecified atom stereocenters. The van der Waals surface area contributed by atoms with Gasteiger partial charge in [-0.25, -0.2) is 12.8 Å². The molecule has 0 fully saturated rings. The van der Waals surface area contributed by atoms with E-state index in [0.717, 1.165) is 11.1 Å². The molecular weight excluding hydrogens is 379 g/mol. The molecule has 3 aromatic rings. The molecule has 3 rings (SSSR count). The van der Waals surface area contributed by atoms with Crippen molar-refractivity contribution in [2.24, 2.45) is 0 Å². The van der Waals surface area contributed by atoms with Gasteiger partial charge in [-0.15, -0.1) is 4.83 Å². The smallest absolute Gasteiger partial charge is 0.269 e. The van der Waals surface area contributed by atoms with Gasteiger partial charge >= 0.3 is 0 Å². The third-order valence-electron chi connectivity index (χ3n) is 4.21. The van der Waals surface area contributed by atoms with Gasteiger partial charge in [-0.2, -0.15) is 0 Å². The molecule has 0 atom stereocenters. The highest BCUT2D eigenvalue weighted by atomic mass is 32.2. The summed E-state index contributed by atoms with van der Waals surface area (Å²) in [7, 11) is -3.98. The molecule has 0 heterocycles. The van der Waals surface area contributed by atoms with Crippen molar-refractivity contribution in [3.63, 3.8) is 0 Å². The molecule has 2 N–H and O–H groups in total. The molecule has 3 aromatic carbocycles. The summed E-state index contributed by atoms with van der Waals surface area (Å²) in [5, 5.41) is 0. The molecule has 0 radical (unpaired) electrons. The predicted molar refractivity (Wildman–Crippen MR) is 106 cm³/mol. The molecule has 144 valence electrons. The van der Waals surface area contributed by atoms with E-state index in [-0.39, 0.29) is 16.0 Å². The highest BCUT2D eigenvalue weighted by Gasteiger charge is 2.19. The maximum absolute atomic E-state index is 14.5. The van der Waals surface area contributed by atoms with Crippen LogP contribution in [-0.4, -0.2) is 14.3 Å². The summed E-state index contributed by atoms with van der Waals surface area (Å²) in [5.74, 6) is -1.58. The Labute approximate surface area is 163 Å². The molecule has 0 aliphatic carbocycles. The number of amides is 1. The van der Waals surface area contributed by atoms with Crippen LogP contribution in [-0.2, 0) is 10.0 Å². The Hall–Kier alpha value is -3.03. The second kappa shape index (κ2) is 7.92. The van der Waals surface area contributed by atoms with Crippen molar-refractivity contribution in [1.29, 1.82) is 0 Å². The number of rotatable bonds is 5. The van der Waals surface area contributed by atoms with E-state index in [4.69, 9.17) is 0 Å². The zero-order valence-electron chi connectivity index (χ0n) is 15.4. The minimum Gasteiger partial charge on any atom is -0.273 e. The summed E-state index contributed by atoms with van der Waals surface area (Å²) >= 11 is 0. The second-order valence-corrected chi connectivity index (χ2v) is 8.08. The van der Waals surface area contributed by atoms with E-state index in [2.05, 4.69) is 5.43 Å². The number of hydrogen-bond acceptors (Lipinski definition) is 3. The molecule has 7 heteroatoms. The number of carbonyl (C=O) groups is 1. The van der Waals surface area contributed by atoms with E-state index in [9.17, 15) is 17.6 Å². The van der Waals surface area contributed by atoms with Crippen molar-refractivity contribution in [1.82, 2.24) is 10.3 Å². The van der Waals surface area contributed by atoms with Gasteiger partial charge in [0.2, 0.25) is 0 Å². The van der Waals surface area contributed by atoms with Crippen LogP contribution in [0.2, 0.25) is 0 Å². The lowest BCUT2D eigenvalue weighted by Crippen LogP contribution is -2.41. The van der Waals surface area contributed by atoms with Crippen LogP contribution in [0.4, 0.5) is 4.39 Å². The third-order valence-corrected chi connectivity index (χ3v) is 5.45. The average molecular weight is 398 g/mol. The first-order valence-electron chi connectivity index (χ1n) is 8.52. The van der Waals surface area contributed by atoms with E-state index >= 15 is 0 Å². The number of halogens is 1. The van der Waals surface area contributed by atoms with Gasteiger partial charge in [-0.1, -0.05) is 42.5 Å². The number of hydrogen-bond donors (Lipinski definition) is 2. The first-order chi connectivity index (χ1) is 13.3. The van der Waals surface area contributed by atoms with Crippen LogP contribution >= 0.6 is 0 Å². The van der Waals surface area contributed by atoms with Crippen LogP contribution in [0.3, 0.4) is 0 Å². The number of carbonyl (C=O) groups excluding carboxylic acids is 1. The van der Waals surface area contributed by atoms with Crippen LogP contribution in [0.5, 0.6) is 0 Å². The van der Waals surface area contributed by atoms with Crippen LogP contribution < -0.4 is 10.3 Å². The standard InChI is InChI=1S/C21H19FN2O3S/c1-14-7-6-10-18(11-14)28(26,27)24-23-21(25)19-13-17(12-15(2)20(19)22)16-8-4-3-5-9-16/h3-13,24H,1-2H3,(H,23,25). The summed E-state index contributed by atoms with van der Waals surface area (Å²) in [6, 6.07) is 18.5. The van der Waals surface area contributed by atoms with E-state index in [1.54, 1.807) is 32.0 Å². The summed E-state index contributed by atoms with van der Waals surface area (Å²) in [5.41, 5.74) is 4.36. The quantitative estimate of drug-likeness (QED) is 0.643. The van der Waals surface area contributed by atoms with Crippen molar-refractivity contribution < 1.29 is 17.6 Å². The molecule has 0 bridgehead atoms. The van der Waals surface area contributed by atoms with Gasteiger partial charge in [0.15, 0.2) is 0 Å². The molecule has 0 aromatic heterocycles. The highest BCUT2D eigenvalue weighted by molar-refractivity contribution is 7.89. The molecule has 0 spiro atoms. The second-order valence-electron chi connectivity index (χ2n) is 6.40. The van der Waals surface area contributed by atoms with Crippen LogP contribution in [0.1, 0.15) is 21.5 Å². The molecular formula is C21H19FN2O3S. The zero-order chi connectivity index (χ0) is 20.3. The summed E-state index contributed by atoms with van der Waals surface area (Å²) in [6.07, 6.45) is 0. The molecule has 1 amide bonds. The Morgan fingerprint density at radius 3 is 2.29 bits per heavy atom. The Kier molecular flexibility index (Phi) is 5.58. The zero-order valence-corrected chi connectivity index (χ0v) is 16.2. The van der Waals surface area contributed by atoms with Gasteiger partial charge in [0.1, 0.15) is 5.82 Å². The Morgan fingerprint density at radius 1 is 0.893 bits per heavy atom. The van der Waals surface area contributed by atoms with Crippen LogP contribution in [0.25, 0.3) is 11.1 Å². The van der Waals surface area contributed by atoms with Crippen molar-refractivity contribution in [2.45, 2.75) is 18.7 Å². The van der Waals surface area contributed by atoms with Crippen molar-refractivity contribution in [2.75, 3.05) is 0 Å². The molecule has 5 nitrogen and oxygen atoms in total. The van der Waals surface area contributed by atoms with Gasteiger partial charge in [-0.05, 0) is 60.4 Å². The topological polar surface area (TPSA) is 75.3 Å². The minimum atomic E-state index is -3.98. The molecule has 28 heavy (non-hydrogen) atoms. The van der Waals surface area contributed by atoms with Gasteiger partial charge < -0.3 is 0 Å². The molecule has 0 saturated carbocycles. The molecule has 0 aliphatic rings. The fourth-order valence-electron chi connectivity index (χ4n) is 2.75. The summed E-state index contributed by atoms with van der Waals surface area (Å²) in [6.45, 7) is 3.31. The number of aryl methyl sites for hydroxylation is 2. The van der Waals surface area contributed by atoms with E-state index < -0.39 is 21.7 Å². The average Bonchev–Trinajstić information content (AvgIpc) is 2.69. The Morgan fingerprint density at radius 2 is 1.61 bits per heavy atom. The van der Waals surface area contributed by atoms with Crippen molar-refractivity contribution in [3.8, 4) is 11.1 Å². The predicted octanol–water partition coefficient (Wildman–Crippen LogP) is 3.73. The van der Waals surface area contributed by atoms with E-state index in [1.807, 2.05) is 35.2 Å². The third kappa shape index (κ3) is 4.27. The monoisotopic (exact) mass is 398 g/mol. The minimum absolute atomic E-state index is 0.00230. The summed E-state index contributed by atoms with van der Waals surface area (Å²) in [4.78, 5) is 14.5. The highest BCUT2D eigenvalue weighted by Crippen LogP contribution is 2.24. The van der Waals surface area contributed by atoms with Gasteiger partial charge in [0, 0.05) is 0 Å².